The van der Waals surface area contributed by atoms with Gasteiger partial charge in [0.25, 0.3) is 0 Å². The molecule has 4 rings (SSSR count). The minimum absolute atomic E-state index is 0.159. The number of nitrogens with zero attached hydrogens (tertiary/aromatic N) is 1. The molecule has 0 aliphatic heterocycles. The Labute approximate surface area is 146 Å². The molecule has 0 amide bonds. The van der Waals surface area contributed by atoms with Gasteiger partial charge in [0, 0.05) is 12.0 Å². The Morgan fingerprint density at radius 3 is 2.80 bits per heavy atom. The molecule has 1 aromatic heterocycles. The molecule has 0 fully saturated rings. The summed E-state index contributed by atoms with van der Waals surface area (Å²) >= 11 is 0. The molecule has 126 valence electrons. The Kier molecular flexibility index (Phi) is 3.88. The van der Waals surface area contributed by atoms with Crippen LogP contribution in [0.25, 0.3) is 11.5 Å². The molecule has 1 aliphatic rings. The molecule has 0 saturated heterocycles. The predicted molar refractivity (Wildman–Crippen MR) is 94.8 cm³/mol. The molecule has 0 spiro atoms. The molecule has 2 aromatic carbocycles. The van der Waals surface area contributed by atoms with E-state index in [1.807, 2.05) is 49.4 Å². The van der Waals surface area contributed by atoms with Crippen molar-refractivity contribution >= 4 is 5.78 Å². The Morgan fingerprint density at radius 2 is 2.00 bits per heavy atom. The van der Waals surface area contributed by atoms with E-state index in [0.29, 0.717) is 23.8 Å². The smallest absolute Gasteiger partial charge is 0.226 e. The topological polar surface area (TPSA) is 52.3 Å². The first-order valence-electron chi connectivity index (χ1n) is 8.43. The van der Waals surface area contributed by atoms with Gasteiger partial charge in [0.2, 0.25) is 5.89 Å². The number of ketones is 1. The van der Waals surface area contributed by atoms with Gasteiger partial charge in [-0.3, -0.25) is 4.79 Å². The highest BCUT2D eigenvalue weighted by Gasteiger charge is 2.31. The van der Waals surface area contributed by atoms with Crippen LogP contribution >= 0.6 is 0 Å². The number of oxazole rings is 1. The first kappa shape index (κ1) is 15.6. The van der Waals surface area contributed by atoms with Gasteiger partial charge in [-0.1, -0.05) is 31.2 Å². The zero-order chi connectivity index (χ0) is 17.4. The number of carbonyl (C=O) groups is 1. The number of Topliss-reactive ketones (excluding diaryl/α,β-unsaturated/α-hetero) is 1. The standard InChI is InChI=1S/C21H19NO3/c1-13-8-9-18(20-17(23)10-14(2)19(13)20)24-11-16-12-25-21(22-16)15-6-4-3-5-7-15/h3-9,12,14H,10-11H2,1-2H3/t14-/m0/s1. The summed E-state index contributed by atoms with van der Waals surface area (Å²) in [6.45, 7) is 4.40. The van der Waals surface area contributed by atoms with Gasteiger partial charge in [0.15, 0.2) is 5.78 Å². The molecule has 1 atom stereocenters. The van der Waals surface area contributed by atoms with Gasteiger partial charge in [-0.15, -0.1) is 0 Å². The third kappa shape index (κ3) is 2.84. The summed E-state index contributed by atoms with van der Waals surface area (Å²) in [5.74, 6) is 1.62. The Bertz CT molecular complexity index is 928. The maximum atomic E-state index is 12.3. The lowest BCUT2D eigenvalue weighted by Crippen LogP contribution is -2.02. The van der Waals surface area contributed by atoms with E-state index in [-0.39, 0.29) is 18.3 Å². The lowest BCUT2D eigenvalue weighted by molar-refractivity contribution is 0.0986. The van der Waals surface area contributed by atoms with E-state index in [0.717, 1.165) is 22.3 Å². The van der Waals surface area contributed by atoms with E-state index in [2.05, 4.69) is 11.9 Å². The minimum atomic E-state index is 0.159. The van der Waals surface area contributed by atoms with Crippen molar-refractivity contribution in [2.75, 3.05) is 0 Å². The number of benzene rings is 2. The van der Waals surface area contributed by atoms with E-state index < -0.39 is 0 Å². The van der Waals surface area contributed by atoms with Gasteiger partial charge < -0.3 is 9.15 Å². The second-order valence-corrected chi connectivity index (χ2v) is 6.50. The molecule has 0 saturated carbocycles. The van der Waals surface area contributed by atoms with Crippen molar-refractivity contribution in [3.63, 3.8) is 0 Å². The molecular formula is C21H19NO3. The Balaban J connectivity index is 1.55. The first-order valence-corrected chi connectivity index (χ1v) is 8.43. The maximum Gasteiger partial charge on any atom is 0.226 e. The second kappa shape index (κ2) is 6.20. The summed E-state index contributed by atoms with van der Waals surface area (Å²) in [5.41, 5.74) is 4.63. The molecule has 4 nitrogen and oxygen atoms in total. The molecule has 0 bridgehead atoms. The summed E-state index contributed by atoms with van der Waals surface area (Å²) < 4.78 is 11.4. The van der Waals surface area contributed by atoms with Crippen molar-refractivity contribution in [1.82, 2.24) is 4.98 Å². The van der Waals surface area contributed by atoms with Crippen LogP contribution in [0.5, 0.6) is 5.75 Å². The largest absolute Gasteiger partial charge is 0.486 e. The molecule has 25 heavy (non-hydrogen) atoms. The summed E-state index contributed by atoms with van der Waals surface area (Å²) in [6.07, 6.45) is 2.15. The SMILES string of the molecule is Cc1ccc(OCc2coc(-c3ccccc3)n2)c2c1[C@@H](C)CC2=O. The highest BCUT2D eigenvalue weighted by atomic mass is 16.5. The van der Waals surface area contributed by atoms with E-state index in [1.165, 1.54) is 0 Å². The van der Waals surface area contributed by atoms with E-state index in [1.54, 1.807) is 6.26 Å². The van der Waals surface area contributed by atoms with Gasteiger partial charge in [-0.2, -0.15) is 0 Å². The van der Waals surface area contributed by atoms with Crippen LogP contribution in [0, 0.1) is 6.92 Å². The summed E-state index contributed by atoms with van der Waals surface area (Å²) in [7, 11) is 0. The maximum absolute atomic E-state index is 12.3. The predicted octanol–water partition coefficient (Wildman–Crippen LogP) is 4.92. The van der Waals surface area contributed by atoms with Crippen LogP contribution in [0.15, 0.2) is 53.1 Å². The van der Waals surface area contributed by atoms with E-state index in [9.17, 15) is 4.79 Å². The van der Waals surface area contributed by atoms with Gasteiger partial charge >= 0.3 is 0 Å². The normalized spacial score (nSPS) is 16.1. The fourth-order valence-corrected chi connectivity index (χ4v) is 3.47. The quantitative estimate of drug-likeness (QED) is 0.680. The van der Waals surface area contributed by atoms with Gasteiger partial charge in [-0.25, -0.2) is 4.98 Å². The number of fused-ring (bicyclic) bond motifs is 1. The van der Waals surface area contributed by atoms with Crippen LogP contribution in [0.1, 0.15) is 46.4 Å². The third-order valence-electron chi connectivity index (χ3n) is 4.64. The number of aromatic nitrogens is 1. The Morgan fingerprint density at radius 1 is 1.20 bits per heavy atom. The lowest BCUT2D eigenvalue weighted by atomic mass is 9.97. The minimum Gasteiger partial charge on any atom is -0.486 e. The molecular weight excluding hydrogens is 314 g/mol. The van der Waals surface area contributed by atoms with Gasteiger partial charge in [-0.05, 0) is 42.2 Å². The number of aryl methyl sites for hydroxylation is 1. The zero-order valence-corrected chi connectivity index (χ0v) is 14.3. The van der Waals surface area contributed by atoms with Gasteiger partial charge in [0.1, 0.15) is 24.3 Å². The van der Waals surface area contributed by atoms with Crippen LogP contribution in [0.2, 0.25) is 0 Å². The van der Waals surface area contributed by atoms with Crippen molar-refractivity contribution in [2.24, 2.45) is 0 Å². The third-order valence-corrected chi connectivity index (χ3v) is 4.64. The van der Waals surface area contributed by atoms with Crippen LogP contribution < -0.4 is 4.74 Å². The number of carbonyl (C=O) groups excluding carboxylic acids is 1. The van der Waals surface area contributed by atoms with Crippen LogP contribution in [-0.2, 0) is 6.61 Å². The monoisotopic (exact) mass is 333 g/mol. The number of hydrogen-bond acceptors (Lipinski definition) is 4. The Hall–Kier alpha value is -2.88. The van der Waals surface area contributed by atoms with Crippen LogP contribution in [0.3, 0.4) is 0 Å². The van der Waals surface area contributed by atoms with Crippen LogP contribution in [-0.4, -0.2) is 10.8 Å². The fraction of sp³-hybridized carbons (Fsp3) is 0.238. The highest BCUT2D eigenvalue weighted by Crippen LogP contribution is 2.40. The second-order valence-electron chi connectivity index (χ2n) is 6.50. The summed E-state index contributed by atoms with van der Waals surface area (Å²) in [5, 5.41) is 0. The molecule has 3 aromatic rings. The van der Waals surface area contributed by atoms with Crippen molar-refractivity contribution in [3.8, 4) is 17.2 Å². The molecule has 4 heteroatoms. The average Bonchev–Trinajstić information content (AvgIpc) is 3.21. The average molecular weight is 333 g/mol. The van der Waals surface area contributed by atoms with E-state index in [4.69, 9.17) is 9.15 Å². The number of hydrogen-bond donors (Lipinski definition) is 0. The molecule has 1 heterocycles. The van der Waals surface area contributed by atoms with Crippen molar-refractivity contribution in [3.05, 3.63) is 71.1 Å². The molecule has 1 aliphatic carbocycles. The first-order chi connectivity index (χ1) is 12.1. The zero-order valence-electron chi connectivity index (χ0n) is 14.3. The summed E-state index contributed by atoms with van der Waals surface area (Å²) in [6, 6.07) is 13.6. The lowest BCUT2D eigenvalue weighted by Gasteiger charge is -2.12. The van der Waals surface area contributed by atoms with Crippen molar-refractivity contribution < 1.29 is 13.9 Å². The number of ether oxygens (including phenoxy) is 1. The number of rotatable bonds is 4. The fourth-order valence-electron chi connectivity index (χ4n) is 3.47. The molecule has 0 unspecified atom stereocenters. The van der Waals surface area contributed by atoms with Crippen molar-refractivity contribution in [2.45, 2.75) is 32.8 Å². The molecule has 0 radical (unpaired) electrons. The summed E-state index contributed by atoms with van der Waals surface area (Å²) in [4.78, 5) is 16.8. The van der Waals surface area contributed by atoms with Crippen LogP contribution in [0.4, 0.5) is 0 Å². The van der Waals surface area contributed by atoms with Crippen molar-refractivity contribution in [1.29, 1.82) is 0 Å². The molecule has 0 N–H and O–H groups in total. The van der Waals surface area contributed by atoms with Gasteiger partial charge in [0.05, 0.1) is 5.56 Å². The highest BCUT2D eigenvalue weighted by molar-refractivity contribution is 6.04. The van der Waals surface area contributed by atoms with E-state index >= 15 is 0 Å².